The van der Waals surface area contributed by atoms with E-state index in [0.717, 1.165) is 41.7 Å². The van der Waals surface area contributed by atoms with E-state index in [0.29, 0.717) is 31.6 Å². The predicted molar refractivity (Wildman–Crippen MR) is 192 cm³/mol. The summed E-state index contributed by atoms with van der Waals surface area (Å²) >= 11 is 0. The number of nitrogens with one attached hydrogen (secondary N) is 3. The standard InChI is InChI=1S/C38H57N5O8/c1-10-13-24(6)50-36(48)41-32(37(7,8)9)35(47)43-21-38(19-28(42-51-38)25-17-22(4)31(49-12-3)23(5)18-25)20-29(43)33(45)40-27(14-11-2)30(44)34(46)39-26-15-16-26/h17-18,24,26-27,29,32H,10-16,19-21H2,1-9H3,(H,39,46)(H,40,45)(H,41,48)/t24-,27+,29+,32-,38-/m1/s1. The van der Waals surface area contributed by atoms with Gasteiger partial charge < -0.3 is 35.2 Å². The van der Waals surface area contributed by atoms with Crippen LogP contribution in [0.4, 0.5) is 4.79 Å². The minimum Gasteiger partial charge on any atom is -0.493 e. The molecule has 1 aromatic carbocycles. The third-order valence-corrected chi connectivity index (χ3v) is 9.63. The Morgan fingerprint density at radius 3 is 2.24 bits per heavy atom. The molecule has 2 aliphatic heterocycles. The van der Waals surface area contributed by atoms with Crippen molar-refractivity contribution < 1.29 is 38.3 Å². The third-order valence-electron chi connectivity index (χ3n) is 9.63. The summed E-state index contributed by atoms with van der Waals surface area (Å²) < 4.78 is 11.4. The molecule has 2 heterocycles. The number of Topliss-reactive ketones (excluding diaryl/α,β-unsaturated/α-hetero) is 1. The van der Waals surface area contributed by atoms with E-state index < -0.39 is 58.7 Å². The number of alkyl carbamates (subject to hydrolysis) is 1. The van der Waals surface area contributed by atoms with Crippen molar-refractivity contribution >= 4 is 35.3 Å². The minimum absolute atomic E-state index is 0.00994. The molecular weight excluding hydrogens is 654 g/mol. The lowest BCUT2D eigenvalue weighted by molar-refractivity contribution is -0.144. The number of carbonyl (C=O) groups is 5. The van der Waals surface area contributed by atoms with E-state index in [2.05, 4.69) is 21.1 Å². The Labute approximate surface area is 301 Å². The molecule has 4 rings (SSSR count). The van der Waals surface area contributed by atoms with Crippen molar-refractivity contribution in [3.8, 4) is 5.75 Å². The number of likely N-dealkylation sites (tertiary alicyclic amines) is 1. The lowest BCUT2D eigenvalue weighted by Gasteiger charge is -2.35. The molecule has 0 bridgehead atoms. The second kappa shape index (κ2) is 16.5. The molecule has 1 saturated heterocycles. The van der Waals surface area contributed by atoms with Crippen LogP contribution in [0.1, 0.15) is 117 Å². The molecule has 0 unspecified atom stereocenters. The van der Waals surface area contributed by atoms with Gasteiger partial charge in [0.25, 0.3) is 5.91 Å². The van der Waals surface area contributed by atoms with Crippen molar-refractivity contribution in [1.82, 2.24) is 20.9 Å². The molecule has 4 amide bonds. The Morgan fingerprint density at radius 1 is 1.02 bits per heavy atom. The highest BCUT2D eigenvalue weighted by atomic mass is 16.7. The number of ketones is 1. The Bertz CT molecular complexity index is 1490. The molecule has 51 heavy (non-hydrogen) atoms. The van der Waals surface area contributed by atoms with Crippen molar-refractivity contribution in [2.75, 3.05) is 13.2 Å². The third kappa shape index (κ3) is 9.79. The lowest BCUT2D eigenvalue weighted by atomic mass is 9.85. The first-order valence-corrected chi connectivity index (χ1v) is 18.4. The van der Waals surface area contributed by atoms with Gasteiger partial charge >= 0.3 is 6.09 Å². The average Bonchev–Trinajstić information content (AvgIpc) is 3.65. The zero-order chi connectivity index (χ0) is 37.7. The summed E-state index contributed by atoms with van der Waals surface area (Å²) in [6.45, 7) is 17.5. The van der Waals surface area contributed by atoms with E-state index in [1.165, 1.54) is 4.90 Å². The maximum Gasteiger partial charge on any atom is 0.408 e. The summed E-state index contributed by atoms with van der Waals surface area (Å²) in [4.78, 5) is 75.2. The van der Waals surface area contributed by atoms with E-state index in [1.54, 1.807) is 6.92 Å². The number of ether oxygens (including phenoxy) is 2. The number of amides is 4. The highest BCUT2D eigenvalue weighted by Gasteiger charge is 2.56. The molecule has 3 N–H and O–H groups in total. The number of hydrogen-bond acceptors (Lipinski definition) is 9. The van der Waals surface area contributed by atoms with Gasteiger partial charge in [-0.2, -0.15) is 0 Å². The van der Waals surface area contributed by atoms with Crippen LogP contribution >= 0.6 is 0 Å². The molecule has 282 valence electrons. The molecule has 1 spiro atoms. The normalized spacial score (nSPS) is 21.6. The van der Waals surface area contributed by atoms with Gasteiger partial charge in [0.15, 0.2) is 5.60 Å². The van der Waals surface area contributed by atoms with Gasteiger partial charge in [0.2, 0.25) is 17.6 Å². The summed E-state index contributed by atoms with van der Waals surface area (Å²) in [5.41, 5.74) is 1.62. The number of hydrogen-bond donors (Lipinski definition) is 3. The monoisotopic (exact) mass is 711 g/mol. The number of benzene rings is 1. The Balaban J connectivity index is 1.63. The highest BCUT2D eigenvalue weighted by Crippen LogP contribution is 2.41. The topological polar surface area (TPSA) is 165 Å². The first-order valence-electron chi connectivity index (χ1n) is 18.4. The van der Waals surface area contributed by atoms with Gasteiger partial charge in [0, 0.05) is 24.4 Å². The molecule has 1 aliphatic carbocycles. The summed E-state index contributed by atoms with van der Waals surface area (Å²) in [7, 11) is 0. The van der Waals surface area contributed by atoms with Crippen LogP contribution in [0.2, 0.25) is 0 Å². The number of oxime groups is 1. The zero-order valence-corrected chi connectivity index (χ0v) is 31.8. The molecule has 2 fully saturated rings. The quantitative estimate of drug-likeness (QED) is 0.222. The molecular formula is C38H57N5O8. The van der Waals surface area contributed by atoms with Crippen molar-refractivity contribution in [3.63, 3.8) is 0 Å². The van der Waals surface area contributed by atoms with Crippen LogP contribution in [-0.4, -0.2) is 89.2 Å². The van der Waals surface area contributed by atoms with E-state index in [9.17, 15) is 24.0 Å². The van der Waals surface area contributed by atoms with E-state index >= 15 is 0 Å². The zero-order valence-electron chi connectivity index (χ0n) is 31.8. The van der Waals surface area contributed by atoms with Crippen LogP contribution in [0, 0.1) is 19.3 Å². The van der Waals surface area contributed by atoms with Crippen molar-refractivity contribution in [2.24, 2.45) is 10.6 Å². The second-order valence-electron chi connectivity index (χ2n) is 15.5. The van der Waals surface area contributed by atoms with Gasteiger partial charge in [-0.05, 0) is 82.1 Å². The lowest BCUT2D eigenvalue weighted by Crippen LogP contribution is -2.59. The fourth-order valence-corrected chi connectivity index (χ4v) is 6.86. The summed E-state index contributed by atoms with van der Waals surface area (Å²) in [5.74, 6) is -1.70. The SMILES string of the molecule is CCC[C@@H](C)OC(=O)N[C@H](C(=O)N1C[C@@]2(CC(c3cc(C)c(OCC)c(C)c3)=NO2)C[C@H]1C(=O)N[C@@H](CCC)C(=O)C(=O)NC1CC1)C(C)(C)C. The molecule has 3 aliphatic rings. The van der Waals surface area contributed by atoms with Crippen molar-refractivity contribution in [1.29, 1.82) is 0 Å². The summed E-state index contributed by atoms with van der Waals surface area (Å²) in [5, 5.41) is 12.7. The first kappa shape index (κ1) is 39.6. The number of nitrogens with zero attached hydrogens (tertiary/aromatic N) is 2. The van der Waals surface area contributed by atoms with E-state index in [1.807, 2.05) is 67.5 Å². The van der Waals surface area contributed by atoms with Crippen molar-refractivity contribution in [2.45, 2.75) is 150 Å². The van der Waals surface area contributed by atoms with Gasteiger partial charge in [-0.1, -0.05) is 52.6 Å². The van der Waals surface area contributed by atoms with Crippen LogP contribution in [0.5, 0.6) is 5.75 Å². The van der Waals surface area contributed by atoms with E-state index in [4.69, 9.17) is 14.3 Å². The van der Waals surface area contributed by atoms with Gasteiger partial charge in [-0.3, -0.25) is 19.2 Å². The molecule has 0 aromatic heterocycles. The van der Waals surface area contributed by atoms with Crippen molar-refractivity contribution in [3.05, 3.63) is 28.8 Å². The molecule has 0 radical (unpaired) electrons. The Morgan fingerprint density at radius 2 is 1.67 bits per heavy atom. The number of carbonyl (C=O) groups excluding carboxylic acids is 5. The summed E-state index contributed by atoms with van der Waals surface area (Å²) in [6.07, 6.45) is 3.26. The fourth-order valence-electron chi connectivity index (χ4n) is 6.86. The van der Waals surface area contributed by atoms with Crippen LogP contribution in [0.25, 0.3) is 0 Å². The van der Waals surface area contributed by atoms with Crippen LogP contribution < -0.4 is 20.7 Å². The Kier molecular flexibility index (Phi) is 12.8. The average molecular weight is 712 g/mol. The fraction of sp³-hybridized carbons (Fsp3) is 0.684. The Hall–Kier alpha value is -4.16. The van der Waals surface area contributed by atoms with Gasteiger partial charge in [-0.25, -0.2) is 4.79 Å². The number of aryl methyl sites for hydroxylation is 2. The van der Waals surface area contributed by atoms with E-state index in [-0.39, 0.29) is 31.5 Å². The van der Waals surface area contributed by atoms with Crippen LogP contribution in [0.15, 0.2) is 17.3 Å². The smallest absolute Gasteiger partial charge is 0.408 e. The van der Waals surface area contributed by atoms with Gasteiger partial charge in [0.1, 0.15) is 23.9 Å². The maximum absolute atomic E-state index is 14.6. The first-order chi connectivity index (χ1) is 24.0. The maximum atomic E-state index is 14.6. The minimum atomic E-state index is -1.07. The molecule has 1 aromatic rings. The molecule has 1 saturated carbocycles. The second-order valence-corrected chi connectivity index (χ2v) is 15.5. The number of rotatable bonds is 15. The summed E-state index contributed by atoms with van der Waals surface area (Å²) in [6, 6.07) is 0.764. The predicted octanol–water partition coefficient (Wildman–Crippen LogP) is 4.63. The largest absolute Gasteiger partial charge is 0.493 e. The molecule has 13 heteroatoms. The highest BCUT2D eigenvalue weighted by molar-refractivity contribution is 6.38. The van der Waals surface area contributed by atoms with Gasteiger partial charge in [0.05, 0.1) is 24.9 Å². The molecule has 13 nitrogen and oxygen atoms in total. The van der Waals surface area contributed by atoms with Gasteiger partial charge in [-0.15, -0.1) is 0 Å². The van der Waals surface area contributed by atoms with Crippen LogP contribution in [0.3, 0.4) is 0 Å². The van der Waals surface area contributed by atoms with Crippen LogP contribution in [-0.2, 0) is 28.8 Å². The molecule has 5 atom stereocenters.